The number of aliphatic hydroxyl groups excluding tert-OH is 1. The monoisotopic (exact) mass is 563 g/mol. The van der Waals surface area contributed by atoms with Crippen LogP contribution in [0.25, 0.3) is 22.0 Å². The Morgan fingerprint density at radius 1 is 0.975 bits per heavy atom. The molecule has 0 aliphatic carbocycles. The molecule has 1 amide bonds. The lowest BCUT2D eigenvalue weighted by atomic mass is 9.97. The Hall–Kier alpha value is -4.19. The summed E-state index contributed by atoms with van der Waals surface area (Å²) < 4.78 is 81.1. The topological polar surface area (TPSA) is 84.2 Å². The van der Waals surface area contributed by atoms with Crippen molar-refractivity contribution in [2.45, 2.75) is 32.4 Å². The highest BCUT2D eigenvalue weighted by Gasteiger charge is 2.37. The molecule has 2 aromatic carbocycles. The number of hydrogen-bond acceptors (Lipinski definition) is 4. The van der Waals surface area contributed by atoms with Crippen molar-refractivity contribution in [3.05, 3.63) is 99.6 Å². The van der Waals surface area contributed by atoms with Gasteiger partial charge in [0.15, 0.2) is 0 Å². The zero-order valence-electron chi connectivity index (χ0n) is 21.0. The second kappa shape index (κ2) is 11.1. The van der Waals surface area contributed by atoms with Gasteiger partial charge in [-0.25, -0.2) is 0 Å². The number of carbonyl (C=O) groups is 1. The van der Waals surface area contributed by atoms with Crippen molar-refractivity contribution in [2.24, 2.45) is 5.92 Å². The van der Waals surface area contributed by atoms with Gasteiger partial charge in [0.2, 0.25) is 0 Å². The van der Waals surface area contributed by atoms with Crippen molar-refractivity contribution < 1.29 is 36.2 Å². The molecule has 2 aromatic heterocycles. The Balaban J connectivity index is 1.87. The van der Waals surface area contributed by atoms with E-state index in [4.69, 9.17) is 0 Å². The van der Waals surface area contributed by atoms with Crippen LogP contribution in [0.5, 0.6) is 0 Å². The van der Waals surface area contributed by atoms with Crippen molar-refractivity contribution in [3.63, 3.8) is 0 Å². The van der Waals surface area contributed by atoms with E-state index in [2.05, 4.69) is 10.3 Å². The second-order valence-corrected chi connectivity index (χ2v) is 9.29. The van der Waals surface area contributed by atoms with Crippen molar-refractivity contribution in [2.75, 3.05) is 6.61 Å². The van der Waals surface area contributed by atoms with E-state index in [-0.39, 0.29) is 30.4 Å². The molecule has 6 nitrogen and oxygen atoms in total. The van der Waals surface area contributed by atoms with Crippen molar-refractivity contribution in [1.82, 2.24) is 14.9 Å². The molecule has 40 heavy (non-hydrogen) atoms. The van der Waals surface area contributed by atoms with Crippen LogP contribution in [0.15, 0.2) is 71.7 Å². The normalized spacial score (nSPS) is 12.9. The molecule has 0 saturated heterocycles. The summed E-state index contributed by atoms with van der Waals surface area (Å²) in [4.78, 5) is 31.3. The number of nitrogens with one attached hydrogen (secondary N) is 1. The van der Waals surface area contributed by atoms with E-state index < -0.39 is 53.0 Å². The maximum atomic E-state index is 13.7. The Kier molecular flexibility index (Phi) is 8.01. The molecule has 4 aromatic rings. The first-order valence-corrected chi connectivity index (χ1v) is 12.1. The van der Waals surface area contributed by atoms with E-state index >= 15 is 0 Å². The fourth-order valence-electron chi connectivity index (χ4n) is 4.33. The molecule has 2 N–H and O–H groups in total. The molecule has 0 unspecified atom stereocenters. The SMILES string of the molecule is C[C@@H](CO)Cn1c(C(=O)NCc2cc(C(F)(F)F)cc(C(F)(F)F)c2)c(-c2ccccc2)c2cccnc2c1=O. The summed E-state index contributed by atoms with van der Waals surface area (Å²) in [7, 11) is 0. The minimum absolute atomic E-state index is 0.00308. The van der Waals surface area contributed by atoms with E-state index in [0.29, 0.717) is 28.6 Å². The standard InChI is InChI=1S/C28H23F6N3O3/c1-16(15-38)14-37-24(22(18-6-3-2-4-7-18)21-8-5-9-35-23(21)26(37)40)25(39)36-13-17-10-19(27(29,30)31)12-20(11-17)28(32,33)34/h2-12,16,38H,13-15H2,1H3,(H,36,39)/t16-/m1/s1. The zero-order valence-corrected chi connectivity index (χ0v) is 21.0. The Morgan fingerprint density at radius 2 is 1.60 bits per heavy atom. The lowest BCUT2D eigenvalue weighted by Gasteiger charge is -2.21. The third kappa shape index (κ3) is 6.01. The highest BCUT2D eigenvalue weighted by molar-refractivity contribution is 6.07. The molecule has 12 heteroatoms. The molecule has 0 radical (unpaired) electrons. The van der Waals surface area contributed by atoms with E-state index in [0.717, 1.165) is 4.57 Å². The average molecular weight is 563 g/mol. The van der Waals surface area contributed by atoms with Gasteiger partial charge in [-0.05, 0) is 41.3 Å². The van der Waals surface area contributed by atoms with Gasteiger partial charge in [0, 0.05) is 36.8 Å². The number of aliphatic hydroxyl groups is 1. The van der Waals surface area contributed by atoms with Gasteiger partial charge in [-0.3, -0.25) is 14.6 Å². The van der Waals surface area contributed by atoms with Crippen LogP contribution in [0.1, 0.15) is 34.1 Å². The smallest absolute Gasteiger partial charge is 0.396 e. The number of hydrogen-bond donors (Lipinski definition) is 2. The number of halogens is 6. The lowest BCUT2D eigenvalue weighted by Crippen LogP contribution is -2.35. The van der Waals surface area contributed by atoms with Crippen LogP contribution in [0.4, 0.5) is 26.3 Å². The fourth-order valence-corrected chi connectivity index (χ4v) is 4.33. The summed E-state index contributed by atoms with van der Waals surface area (Å²) in [6.45, 7) is 0.528. The van der Waals surface area contributed by atoms with E-state index in [1.807, 2.05) is 0 Å². The Morgan fingerprint density at radius 3 is 2.17 bits per heavy atom. The fraction of sp³-hybridized carbons (Fsp3) is 0.250. The summed E-state index contributed by atoms with van der Waals surface area (Å²) in [6.07, 6.45) is -8.69. The lowest BCUT2D eigenvalue weighted by molar-refractivity contribution is -0.143. The predicted molar refractivity (Wildman–Crippen MR) is 135 cm³/mol. The number of carbonyl (C=O) groups excluding carboxylic acids is 1. The summed E-state index contributed by atoms with van der Waals surface area (Å²) in [5.41, 5.74) is -3.39. The number of alkyl halides is 6. The van der Waals surface area contributed by atoms with Crippen LogP contribution in [0.2, 0.25) is 0 Å². The van der Waals surface area contributed by atoms with Crippen molar-refractivity contribution in [1.29, 1.82) is 0 Å². The van der Waals surface area contributed by atoms with Gasteiger partial charge in [-0.2, -0.15) is 26.3 Å². The minimum atomic E-state index is -5.05. The number of rotatable bonds is 7. The van der Waals surface area contributed by atoms with Gasteiger partial charge in [0.1, 0.15) is 11.2 Å². The summed E-state index contributed by atoms with van der Waals surface area (Å²) in [6, 6.07) is 12.7. The maximum Gasteiger partial charge on any atom is 0.416 e. The Bertz CT molecular complexity index is 1570. The highest BCUT2D eigenvalue weighted by Crippen LogP contribution is 2.36. The molecule has 210 valence electrons. The summed E-state index contributed by atoms with van der Waals surface area (Å²) in [5, 5.41) is 12.4. The molecule has 2 heterocycles. The first-order chi connectivity index (χ1) is 18.8. The predicted octanol–water partition coefficient (Wildman–Crippen LogP) is 5.66. The van der Waals surface area contributed by atoms with Crippen LogP contribution in [0, 0.1) is 5.92 Å². The number of benzene rings is 2. The summed E-state index contributed by atoms with van der Waals surface area (Å²) >= 11 is 0. The molecule has 1 atom stereocenters. The number of nitrogens with zero attached hydrogens (tertiary/aromatic N) is 2. The quantitative estimate of drug-likeness (QED) is 0.285. The number of pyridine rings is 2. The third-order valence-corrected chi connectivity index (χ3v) is 6.22. The van der Waals surface area contributed by atoms with Crippen LogP contribution < -0.4 is 10.9 Å². The molecule has 0 aliphatic heterocycles. The summed E-state index contributed by atoms with van der Waals surface area (Å²) in [5.74, 6) is -1.38. The van der Waals surface area contributed by atoms with E-state index in [9.17, 15) is 41.0 Å². The van der Waals surface area contributed by atoms with Crippen LogP contribution in [0.3, 0.4) is 0 Å². The first kappa shape index (κ1) is 28.8. The van der Waals surface area contributed by atoms with Crippen molar-refractivity contribution >= 4 is 16.8 Å². The maximum absolute atomic E-state index is 13.7. The van der Waals surface area contributed by atoms with Gasteiger partial charge >= 0.3 is 12.4 Å². The number of amides is 1. The molecule has 0 saturated carbocycles. The third-order valence-electron chi connectivity index (χ3n) is 6.22. The molecule has 0 spiro atoms. The molecule has 0 fully saturated rings. The van der Waals surface area contributed by atoms with Crippen molar-refractivity contribution in [3.8, 4) is 11.1 Å². The van der Waals surface area contributed by atoms with Gasteiger partial charge in [0.05, 0.1) is 11.1 Å². The van der Waals surface area contributed by atoms with Gasteiger partial charge < -0.3 is 15.0 Å². The molecule has 0 bridgehead atoms. The molecular formula is C28H23F6N3O3. The van der Waals surface area contributed by atoms with Crippen LogP contribution in [-0.2, 0) is 25.4 Å². The van der Waals surface area contributed by atoms with E-state index in [1.54, 1.807) is 49.4 Å². The average Bonchev–Trinajstić information content (AvgIpc) is 2.92. The first-order valence-electron chi connectivity index (χ1n) is 12.1. The van der Waals surface area contributed by atoms with Crippen LogP contribution >= 0.6 is 0 Å². The number of aromatic nitrogens is 2. The molecule has 4 rings (SSSR count). The van der Waals surface area contributed by atoms with Crippen LogP contribution in [-0.4, -0.2) is 27.2 Å². The van der Waals surface area contributed by atoms with Gasteiger partial charge in [-0.15, -0.1) is 0 Å². The minimum Gasteiger partial charge on any atom is -0.396 e. The molecular weight excluding hydrogens is 540 g/mol. The molecule has 0 aliphatic rings. The van der Waals surface area contributed by atoms with Gasteiger partial charge in [-0.1, -0.05) is 43.3 Å². The van der Waals surface area contributed by atoms with Gasteiger partial charge in [0.25, 0.3) is 11.5 Å². The van der Waals surface area contributed by atoms with E-state index in [1.165, 1.54) is 6.20 Å². The zero-order chi connectivity index (χ0) is 29.2. The Labute approximate surface area is 223 Å². The second-order valence-electron chi connectivity index (χ2n) is 9.29. The largest absolute Gasteiger partial charge is 0.416 e. The number of fused-ring (bicyclic) bond motifs is 1. The highest BCUT2D eigenvalue weighted by atomic mass is 19.4.